The summed E-state index contributed by atoms with van der Waals surface area (Å²) in [5.41, 5.74) is 0.657. The Hall–Kier alpha value is -1.79. The van der Waals surface area contributed by atoms with Crippen molar-refractivity contribution < 1.29 is 19.1 Å². The predicted octanol–water partition coefficient (Wildman–Crippen LogP) is 4.15. The Morgan fingerprint density at radius 2 is 2.00 bits per heavy atom. The second kappa shape index (κ2) is 7.40. The Balaban J connectivity index is 1.70. The lowest BCUT2D eigenvalue weighted by Crippen LogP contribution is -2.22. The SMILES string of the molecule is O=C1NC(=O)C(=Cc2ccc(OC(=O)C3CCCCC3)c(Cl)c2)S1. The normalized spacial score (nSPS) is 20.3. The van der Waals surface area contributed by atoms with Crippen molar-refractivity contribution in [2.75, 3.05) is 0 Å². The van der Waals surface area contributed by atoms with E-state index in [4.69, 9.17) is 16.3 Å². The first kappa shape index (κ1) is 17.0. The number of halogens is 1. The zero-order chi connectivity index (χ0) is 17.1. The first-order valence-electron chi connectivity index (χ1n) is 7.79. The van der Waals surface area contributed by atoms with Crippen LogP contribution in [0.1, 0.15) is 37.7 Å². The quantitative estimate of drug-likeness (QED) is 0.495. The van der Waals surface area contributed by atoms with Gasteiger partial charge in [0.15, 0.2) is 0 Å². The summed E-state index contributed by atoms with van der Waals surface area (Å²) in [7, 11) is 0. The van der Waals surface area contributed by atoms with Crippen molar-refractivity contribution in [3.05, 3.63) is 33.7 Å². The van der Waals surface area contributed by atoms with E-state index in [1.165, 1.54) is 6.42 Å². The van der Waals surface area contributed by atoms with E-state index in [0.29, 0.717) is 21.2 Å². The summed E-state index contributed by atoms with van der Waals surface area (Å²) in [6.07, 6.45) is 6.57. The van der Waals surface area contributed by atoms with Gasteiger partial charge in [-0.15, -0.1) is 0 Å². The highest BCUT2D eigenvalue weighted by Crippen LogP contribution is 2.31. The minimum absolute atomic E-state index is 0.0544. The Morgan fingerprint density at radius 3 is 2.62 bits per heavy atom. The van der Waals surface area contributed by atoms with Crippen LogP contribution in [0.25, 0.3) is 6.08 Å². The molecule has 2 fully saturated rings. The fourth-order valence-corrected chi connectivity index (χ4v) is 3.70. The lowest BCUT2D eigenvalue weighted by molar-refractivity contribution is -0.140. The first-order valence-corrected chi connectivity index (χ1v) is 8.98. The van der Waals surface area contributed by atoms with Crippen molar-refractivity contribution >= 4 is 46.6 Å². The molecule has 3 rings (SSSR count). The second-order valence-electron chi connectivity index (χ2n) is 5.80. The van der Waals surface area contributed by atoms with Gasteiger partial charge in [-0.3, -0.25) is 19.7 Å². The van der Waals surface area contributed by atoms with Crippen molar-refractivity contribution in [1.82, 2.24) is 5.32 Å². The summed E-state index contributed by atoms with van der Waals surface area (Å²) in [5.74, 6) is -0.400. The molecule has 1 aliphatic heterocycles. The zero-order valence-electron chi connectivity index (χ0n) is 12.8. The Labute approximate surface area is 148 Å². The van der Waals surface area contributed by atoms with E-state index >= 15 is 0 Å². The van der Waals surface area contributed by atoms with Gasteiger partial charge in [-0.1, -0.05) is 36.9 Å². The highest BCUT2D eigenvalue weighted by Gasteiger charge is 2.25. The van der Waals surface area contributed by atoms with Gasteiger partial charge in [0.05, 0.1) is 15.8 Å². The minimum atomic E-state index is -0.422. The molecule has 2 aliphatic rings. The summed E-state index contributed by atoms with van der Waals surface area (Å²) < 4.78 is 5.42. The van der Waals surface area contributed by atoms with Crippen LogP contribution >= 0.6 is 23.4 Å². The molecule has 0 unspecified atom stereocenters. The van der Waals surface area contributed by atoms with Gasteiger partial charge < -0.3 is 4.74 Å². The molecule has 1 N–H and O–H groups in total. The van der Waals surface area contributed by atoms with E-state index in [2.05, 4.69) is 5.32 Å². The maximum atomic E-state index is 12.2. The maximum Gasteiger partial charge on any atom is 0.314 e. The van der Waals surface area contributed by atoms with Gasteiger partial charge in [0.2, 0.25) is 0 Å². The van der Waals surface area contributed by atoms with E-state index in [1.54, 1.807) is 24.3 Å². The number of benzene rings is 1. The molecule has 24 heavy (non-hydrogen) atoms. The van der Waals surface area contributed by atoms with Crippen LogP contribution < -0.4 is 10.1 Å². The molecular weight excluding hydrogens is 350 g/mol. The fourth-order valence-electron chi connectivity index (χ4n) is 2.79. The third-order valence-electron chi connectivity index (χ3n) is 4.04. The number of imide groups is 1. The molecule has 0 atom stereocenters. The smallest absolute Gasteiger partial charge is 0.314 e. The highest BCUT2D eigenvalue weighted by molar-refractivity contribution is 8.18. The molecule has 1 aromatic rings. The number of ether oxygens (including phenoxy) is 1. The van der Waals surface area contributed by atoms with E-state index in [-0.39, 0.29) is 11.9 Å². The molecule has 1 saturated heterocycles. The molecule has 0 bridgehead atoms. The minimum Gasteiger partial charge on any atom is -0.425 e. The average Bonchev–Trinajstić information content (AvgIpc) is 2.88. The van der Waals surface area contributed by atoms with Crippen LogP contribution in [0.3, 0.4) is 0 Å². The summed E-state index contributed by atoms with van der Waals surface area (Å²) in [6, 6.07) is 4.91. The lowest BCUT2D eigenvalue weighted by atomic mass is 9.89. The Kier molecular flexibility index (Phi) is 5.26. The molecule has 1 aliphatic carbocycles. The van der Waals surface area contributed by atoms with Crippen LogP contribution in [0, 0.1) is 5.92 Å². The van der Waals surface area contributed by atoms with Crippen molar-refractivity contribution in [2.24, 2.45) is 5.92 Å². The third kappa shape index (κ3) is 3.99. The first-order chi connectivity index (χ1) is 11.5. The van der Waals surface area contributed by atoms with Gasteiger partial charge in [-0.2, -0.15) is 0 Å². The Morgan fingerprint density at radius 1 is 1.25 bits per heavy atom. The molecule has 7 heteroatoms. The fraction of sp³-hybridized carbons (Fsp3) is 0.353. The molecule has 0 aromatic heterocycles. The zero-order valence-corrected chi connectivity index (χ0v) is 14.4. The Bertz CT molecular complexity index is 725. The molecule has 0 radical (unpaired) electrons. The highest BCUT2D eigenvalue weighted by atomic mass is 35.5. The molecule has 1 heterocycles. The van der Waals surface area contributed by atoms with E-state index in [9.17, 15) is 14.4 Å². The van der Waals surface area contributed by atoms with Crippen LogP contribution in [-0.2, 0) is 9.59 Å². The summed E-state index contributed by atoms with van der Waals surface area (Å²) in [4.78, 5) is 35.2. The van der Waals surface area contributed by atoms with Gasteiger partial charge in [0.1, 0.15) is 5.75 Å². The number of hydrogen-bond acceptors (Lipinski definition) is 5. The van der Waals surface area contributed by atoms with E-state index in [0.717, 1.165) is 37.4 Å². The van der Waals surface area contributed by atoms with Gasteiger partial charge in [-0.25, -0.2) is 0 Å². The molecule has 2 amide bonds. The predicted molar refractivity (Wildman–Crippen MR) is 92.8 cm³/mol. The summed E-state index contributed by atoms with van der Waals surface area (Å²) >= 11 is 7.02. The number of carbonyl (C=O) groups is 3. The molecule has 1 aromatic carbocycles. The van der Waals surface area contributed by atoms with Crippen LogP contribution in [0.5, 0.6) is 5.75 Å². The number of hydrogen-bond donors (Lipinski definition) is 1. The van der Waals surface area contributed by atoms with Crippen molar-refractivity contribution in [3.8, 4) is 5.75 Å². The van der Waals surface area contributed by atoms with Gasteiger partial charge in [0.25, 0.3) is 11.1 Å². The van der Waals surface area contributed by atoms with Crippen LogP contribution in [0.4, 0.5) is 4.79 Å². The standard InChI is InChI=1S/C17H16ClNO4S/c18-12-8-10(9-14-15(20)19-17(22)24-14)6-7-13(12)23-16(21)11-4-2-1-3-5-11/h6-9,11H,1-5H2,(H,19,20,22). The summed E-state index contributed by atoms with van der Waals surface area (Å²) in [5, 5.41) is 2.09. The number of thioether (sulfide) groups is 1. The maximum absolute atomic E-state index is 12.2. The van der Waals surface area contributed by atoms with Gasteiger partial charge in [-0.05, 0) is 48.4 Å². The number of rotatable bonds is 3. The van der Waals surface area contributed by atoms with Crippen LogP contribution in [-0.4, -0.2) is 17.1 Å². The van der Waals surface area contributed by atoms with Crippen molar-refractivity contribution in [1.29, 1.82) is 0 Å². The number of carbonyl (C=O) groups excluding carboxylic acids is 3. The average molecular weight is 366 g/mol. The monoisotopic (exact) mass is 365 g/mol. The largest absolute Gasteiger partial charge is 0.425 e. The van der Waals surface area contributed by atoms with Crippen LogP contribution in [0.15, 0.2) is 23.1 Å². The number of esters is 1. The van der Waals surface area contributed by atoms with Crippen molar-refractivity contribution in [3.63, 3.8) is 0 Å². The summed E-state index contributed by atoms with van der Waals surface area (Å²) in [6.45, 7) is 0. The molecular formula is C17H16ClNO4S. The van der Waals surface area contributed by atoms with E-state index < -0.39 is 11.1 Å². The molecule has 0 spiro atoms. The molecule has 126 valence electrons. The topological polar surface area (TPSA) is 72.5 Å². The van der Waals surface area contributed by atoms with Gasteiger partial charge in [0, 0.05) is 0 Å². The van der Waals surface area contributed by atoms with E-state index in [1.807, 2.05) is 0 Å². The van der Waals surface area contributed by atoms with Gasteiger partial charge >= 0.3 is 5.97 Å². The number of nitrogens with one attached hydrogen (secondary N) is 1. The molecule has 5 nitrogen and oxygen atoms in total. The third-order valence-corrected chi connectivity index (χ3v) is 5.15. The molecule has 1 saturated carbocycles. The van der Waals surface area contributed by atoms with Crippen molar-refractivity contribution in [2.45, 2.75) is 32.1 Å². The lowest BCUT2D eigenvalue weighted by Gasteiger charge is -2.20. The number of amides is 2. The van der Waals surface area contributed by atoms with Crippen LogP contribution in [0.2, 0.25) is 5.02 Å². The second-order valence-corrected chi connectivity index (χ2v) is 7.22.